The van der Waals surface area contributed by atoms with E-state index in [1.54, 1.807) is 17.5 Å². The Kier molecular flexibility index (Phi) is 3.13. The van der Waals surface area contributed by atoms with Gasteiger partial charge in [-0.15, -0.1) is 11.3 Å². The van der Waals surface area contributed by atoms with Gasteiger partial charge >= 0.3 is 0 Å². The molecule has 0 fully saturated rings. The minimum atomic E-state index is 0.294. The van der Waals surface area contributed by atoms with Crippen molar-refractivity contribution < 1.29 is 4.42 Å². The molecule has 0 aromatic carbocycles. The van der Waals surface area contributed by atoms with Gasteiger partial charge < -0.3 is 9.73 Å². The van der Waals surface area contributed by atoms with Crippen molar-refractivity contribution in [3.8, 4) is 0 Å². The lowest BCUT2D eigenvalue weighted by Gasteiger charge is -2.09. The van der Waals surface area contributed by atoms with Crippen molar-refractivity contribution in [3.05, 3.63) is 34.4 Å². The predicted molar refractivity (Wildman–Crippen MR) is 58.6 cm³/mol. The van der Waals surface area contributed by atoms with Gasteiger partial charge in [-0.2, -0.15) is 0 Å². The molecule has 1 atom stereocenters. The fraction of sp³-hybridized carbons (Fsp3) is 0.400. The van der Waals surface area contributed by atoms with Crippen LogP contribution in [0.1, 0.15) is 29.5 Å². The summed E-state index contributed by atoms with van der Waals surface area (Å²) < 4.78 is 5.37. The van der Waals surface area contributed by atoms with Crippen molar-refractivity contribution >= 4 is 11.3 Å². The molecule has 0 aliphatic heterocycles. The molecule has 0 saturated carbocycles. The van der Waals surface area contributed by atoms with E-state index < -0.39 is 0 Å². The third-order valence-corrected chi connectivity index (χ3v) is 3.09. The molecule has 0 aliphatic rings. The molecule has 2 heterocycles. The zero-order valence-corrected chi connectivity index (χ0v) is 9.54. The van der Waals surface area contributed by atoms with Gasteiger partial charge in [0.05, 0.1) is 18.3 Å². The SMILES string of the molecule is Cc1ncc(CNC(C)c2cncs2)o1. The predicted octanol–water partition coefficient (Wildman–Crippen LogP) is 2.29. The largest absolute Gasteiger partial charge is 0.445 e. The summed E-state index contributed by atoms with van der Waals surface area (Å²) in [5, 5.41) is 3.35. The number of hydrogen-bond donors (Lipinski definition) is 1. The lowest BCUT2D eigenvalue weighted by Crippen LogP contribution is -2.16. The zero-order valence-electron chi connectivity index (χ0n) is 8.73. The monoisotopic (exact) mass is 223 g/mol. The first-order chi connectivity index (χ1) is 7.25. The number of aryl methyl sites for hydroxylation is 1. The van der Waals surface area contributed by atoms with Crippen molar-refractivity contribution in [2.45, 2.75) is 26.4 Å². The van der Waals surface area contributed by atoms with Gasteiger partial charge in [0.1, 0.15) is 5.76 Å². The zero-order chi connectivity index (χ0) is 10.7. The van der Waals surface area contributed by atoms with E-state index in [9.17, 15) is 0 Å². The van der Waals surface area contributed by atoms with Crippen molar-refractivity contribution in [1.82, 2.24) is 15.3 Å². The number of nitrogens with one attached hydrogen (secondary N) is 1. The molecule has 1 unspecified atom stereocenters. The summed E-state index contributed by atoms with van der Waals surface area (Å²) in [6.07, 6.45) is 3.63. The van der Waals surface area contributed by atoms with Crippen LogP contribution in [0.25, 0.3) is 0 Å². The van der Waals surface area contributed by atoms with Crippen LogP contribution >= 0.6 is 11.3 Å². The molecule has 0 amide bonds. The minimum Gasteiger partial charge on any atom is -0.445 e. The second-order valence-corrected chi connectivity index (χ2v) is 4.27. The molecule has 2 aromatic heterocycles. The molecule has 2 aromatic rings. The third-order valence-electron chi connectivity index (χ3n) is 2.13. The molecular formula is C10H13N3OS. The third kappa shape index (κ3) is 2.64. The lowest BCUT2D eigenvalue weighted by molar-refractivity contribution is 0.440. The highest BCUT2D eigenvalue weighted by Gasteiger charge is 2.07. The molecular weight excluding hydrogens is 210 g/mol. The maximum Gasteiger partial charge on any atom is 0.191 e. The quantitative estimate of drug-likeness (QED) is 0.864. The summed E-state index contributed by atoms with van der Waals surface area (Å²) in [7, 11) is 0. The molecule has 15 heavy (non-hydrogen) atoms. The topological polar surface area (TPSA) is 51.0 Å². The van der Waals surface area contributed by atoms with Gasteiger partial charge in [0, 0.05) is 24.0 Å². The number of oxazole rings is 1. The van der Waals surface area contributed by atoms with Crippen LogP contribution in [0.2, 0.25) is 0 Å². The molecule has 2 rings (SSSR count). The highest BCUT2D eigenvalue weighted by Crippen LogP contribution is 2.16. The maximum absolute atomic E-state index is 5.37. The maximum atomic E-state index is 5.37. The van der Waals surface area contributed by atoms with Gasteiger partial charge in [-0.1, -0.05) is 0 Å². The van der Waals surface area contributed by atoms with E-state index in [0.717, 1.165) is 5.76 Å². The fourth-order valence-electron chi connectivity index (χ4n) is 1.28. The van der Waals surface area contributed by atoms with Crippen molar-refractivity contribution in [2.75, 3.05) is 0 Å². The van der Waals surface area contributed by atoms with E-state index in [1.165, 1.54) is 4.88 Å². The molecule has 0 radical (unpaired) electrons. The number of aromatic nitrogens is 2. The molecule has 80 valence electrons. The Morgan fingerprint density at radius 1 is 1.53 bits per heavy atom. The van der Waals surface area contributed by atoms with Crippen molar-refractivity contribution in [3.63, 3.8) is 0 Å². The lowest BCUT2D eigenvalue weighted by atomic mass is 10.3. The molecule has 0 aliphatic carbocycles. The Hall–Kier alpha value is -1.20. The first-order valence-corrected chi connectivity index (χ1v) is 5.67. The van der Waals surface area contributed by atoms with E-state index in [0.29, 0.717) is 18.5 Å². The molecule has 4 nitrogen and oxygen atoms in total. The van der Waals surface area contributed by atoms with Crippen LogP contribution in [0, 0.1) is 6.92 Å². The van der Waals surface area contributed by atoms with Crippen LogP contribution in [0.3, 0.4) is 0 Å². The number of rotatable bonds is 4. The normalized spacial score (nSPS) is 12.9. The average molecular weight is 223 g/mol. The van der Waals surface area contributed by atoms with Gasteiger partial charge in [0.25, 0.3) is 0 Å². The number of nitrogens with zero attached hydrogens (tertiary/aromatic N) is 2. The van der Waals surface area contributed by atoms with Crippen molar-refractivity contribution in [2.24, 2.45) is 0 Å². The standard InChI is InChI=1S/C10H13N3OS/c1-7(10-5-11-6-15-10)12-3-9-4-13-8(2)14-9/h4-7,12H,3H2,1-2H3. The van der Waals surface area contributed by atoms with E-state index in [1.807, 2.05) is 18.6 Å². The van der Waals surface area contributed by atoms with Crippen LogP contribution in [-0.2, 0) is 6.54 Å². The van der Waals surface area contributed by atoms with Crippen LogP contribution < -0.4 is 5.32 Å². The van der Waals surface area contributed by atoms with Crippen LogP contribution in [0.5, 0.6) is 0 Å². The van der Waals surface area contributed by atoms with Crippen LogP contribution in [-0.4, -0.2) is 9.97 Å². The summed E-state index contributed by atoms with van der Waals surface area (Å²) in [5.41, 5.74) is 1.84. The Balaban J connectivity index is 1.88. The van der Waals surface area contributed by atoms with E-state index in [-0.39, 0.29) is 0 Å². The Bertz CT molecular complexity index is 410. The fourth-order valence-corrected chi connectivity index (χ4v) is 1.93. The van der Waals surface area contributed by atoms with E-state index >= 15 is 0 Å². The summed E-state index contributed by atoms with van der Waals surface area (Å²) in [6, 6.07) is 0.294. The van der Waals surface area contributed by atoms with Crippen LogP contribution in [0.15, 0.2) is 22.3 Å². The Morgan fingerprint density at radius 2 is 2.40 bits per heavy atom. The summed E-state index contributed by atoms with van der Waals surface area (Å²) in [5.74, 6) is 1.57. The molecule has 0 bridgehead atoms. The highest BCUT2D eigenvalue weighted by atomic mass is 32.1. The minimum absolute atomic E-state index is 0.294. The first-order valence-electron chi connectivity index (χ1n) is 4.79. The Labute approximate surface area is 92.4 Å². The Morgan fingerprint density at radius 3 is 3.00 bits per heavy atom. The van der Waals surface area contributed by atoms with Crippen LogP contribution in [0.4, 0.5) is 0 Å². The average Bonchev–Trinajstić information content (AvgIpc) is 2.84. The summed E-state index contributed by atoms with van der Waals surface area (Å²) >= 11 is 1.65. The number of hydrogen-bond acceptors (Lipinski definition) is 5. The molecule has 0 spiro atoms. The summed E-state index contributed by atoms with van der Waals surface area (Å²) in [4.78, 5) is 9.31. The van der Waals surface area contributed by atoms with Crippen molar-refractivity contribution in [1.29, 1.82) is 0 Å². The van der Waals surface area contributed by atoms with Gasteiger partial charge in [0.2, 0.25) is 0 Å². The highest BCUT2D eigenvalue weighted by molar-refractivity contribution is 7.09. The van der Waals surface area contributed by atoms with Gasteiger partial charge in [-0.25, -0.2) is 4.98 Å². The molecule has 0 saturated heterocycles. The van der Waals surface area contributed by atoms with E-state index in [4.69, 9.17) is 4.42 Å². The van der Waals surface area contributed by atoms with Gasteiger partial charge in [0.15, 0.2) is 5.89 Å². The van der Waals surface area contributed by atoms with Gasteiger partial charge in [-0.3, -0.25) is 4.98 Å². The second-order valence-electron chi connectivity index (χ2n) is 3.35. The molecule has 1 N–H and O–H groups in total. The number of thiazole rings is 1. The molecule has 5 heteroatoms. The van der Waals surface area contributed by atoms with Gasteiger partial charge in [-0.05, 0) is 6.92 Å². The summed E-state index contributed by atoms with van der Waals surface area (Å²) in [6.45, 7) is 4.65. The second kappa shape index (κ2) is 4.55. The smallest absolute Gasteiger partial charge is 0.191 e. The van der Waals surface area contributed by atoms with E-state index in [2.05, 4.69) is 22.2 Å². The first kappa shape index (κ1) is 10.3.